The SMILES string of the molecule is COc1ccc([125I])cc1CC(=O)N[C@H](C(=O)NC(CC(=O)O)C(=O)CCl)C(C)C. The van der Waals surface area contributed by atoms with Gasteiger partial charge in [-0.1, -0.05) is 13.8 Å². The van der Waals surface area contributed by atoms with E-state index < -0.39 is 48.0 Å². The number of nitrogens with one attached hydrogen (secondary N) is 2. The number of Topliss-reactive ketones (excluding diaryl/α,β-unsaturated/α-hetero) is 1. The summed E-state index contributed by atoms with van der Waals surface area (Å²) < 4.78 is 6.19. The first-order chi connectivity index (χ1) is 13.6. The Balaban J connectivity index is 2.90. The molecule has 10 heteroatoms. The molecule has 1 rings (SSSR count). The first kappa shape index (κ1) is 25.2. The van der Waals surface area contributed by atoms with Crippen molar-refractivity contribution in [1.82, 2.24) is 10.6 Å². The lowest BCUT2D eigenvalue weighted by Gasteiger charge is -2.24. The molecule has 3 N–H and O–H groups in total. The molecular weight excluding hydrogens is 513 g/mol. The molecule has 0 radical (unpaired) electrons. The first-order valence-corrected chi connectivity index (χ1v) is 10.4. The number of ketones is 1. The lowest BCUT2D eigenvalue weighted by atomic mass is 10.0. The molecule has 1 unspecified atom stereocenters. The average molecular weight is 537 g/mol. The fourth-order valence-corrected chi connectivity index (χ4v) is 3.33. The fourth-order valence-electron chi connectivity index (χ4n) is 2.59. The van der Waals surface area contributed by atoms with E-state index in [2.05, 4.69) is 33.2 Å². The van der Waals surface area contributed by atoms with Gasteiger partial charge in [0.2, 0.25) is 11.8 Å². The molecule has 0 aliphatic carbocycles. The maximum atomic E-state index is 12.6. The number of hydrogen-bond donors (Lipinski definition) is 3. The van der Waals surface area contributed by atoms with Crippen LogP contribution in [0, 0.1) is 9.49 Å². The highest BCUT2D eigenvalue weighted by Gasteiger charge is 2.29. The summed E-state index contributed by atoms with van der Waals surface area (Å²) in [7, 11) is 1.50. The van der Waals surface area contributed by atoms with Crippen LogP contribution in [0.3, 0.4) is 0 Å². The van der Waals surface area contributed by atoms with Crippen LogP contribution in [0.5, 0.6) is 5.75 Å². The standard InChI is InChI=1S/C19H24ClIN2O6/c1-10(2)18(19(28)22-13(8-17(26)27)14(24)9-20)23-16(25)7-11-6-12(21)4-5-15(11)29-3/h4-6,10,13,18H,7-9H2,1-3H3,(H,22,28)(H,23,25)(H,26,27)/t13?,18-/m0/s1/i21-2. The Hall–Kier alpha value is -1.88. The summed E-state index contributed by atoms with van der Waals surface area (Å²) in [6.45, 7) is 3.46. The number of hydrogen-bond acceptors (Lipinski definition) is 5. The summed E-state index contributed by atoms with van der Waals surface area (Å²) in [6.07, 6.45) is -0.592. The molecule has 1 aromatic carbocycles. The van der Waals surface area contributed by atoms with Gasteiger partial charge in [-0.25, -0.2) is 0 Å². The minimum absolute atomic E-state index is 0.00429. The van der Waals surface area contributed by atoms with Crippen LogP contribution in [0.1, 0.15) is 25.8 Å². The Kier molecular flexibility index (Phi) is 10.4. The Labute approximate surface area is 187 Å². The van der Waals surface area contributed by atoms with Crippen molar-refractivity contribution < 1.29 is 29.0 Å². The van der Waals surface area contributed by atoms with Gasteiger partial charge in [-0.2, -0.15) is 0 Å². The second-order valence-corrected chi connectivity index (χ2v) is 8.19. The van der Waals surface area contributed by atoms with E-state index >= 15 is 0 Å². The number of alkyl halides is 1. The summed E-state index contributed by atoms with van der Waals surface area (Å²) in [5, 5.41) is 14.0. The smallest absolute Gasteiger partial charge is 0.305 e. The van der Waals surface area contributed by atoms with Crippen molar-refractivity contribution in [3.8, 4) is 5.75 Å². The molecule has 0 aromatic heterocycles. The number of ether oxygens (including phenoxy) is 1. The van der Waals surface area contributed by atoms with Crippen LogP contribution in [0.2, 0.25) is 0 Å². The average Bonchev–Trinajstić information content (AvgIpc) is 2.64. The van der Waals surface area contributed by atoms with Crippen molar-refractivity contribution in [1.29, 1.82) is 0 Å². The number of carboxylic acid groups (broad SMARTS) is 1. The predicted octanol–water partition coefficient (Wildman–Crippen LogP) is 1.75. The fraction of sp³-hybridized carbons (Fsp3) is 0.474. The van der Waals surface area contributed by atoms with E-state index in [1.54, 1.807) is 19.9 Å². The van der Waals surface area contributed by atoms with Crippen LogP contribution >= 0.6 is 34.2 Å². The second-order valence-electron chi connectivity index (χ2n) is 6.68. The predicted molar refractivity (Wildman–Crippen MR) is 116 cm³/mol. The summed E-state index contributed by atoms with van der Waals surface area (Å²) in [4.78, 5) is 47.9. The van der Waals surface area contributed by atoms with E-state index in [-0.39, 0.29) is 12.3 Å². The van der Waals surface area contributed by atoms with Crippen molar-refractivity contribution in [3.05, 3.63) is 27.3 Å². The van der Waals surface area contributed by atoms with Crippen LogP contribution in [-0.2, 0) is 25.6 Å². The summed E-state index contributed by atoms with van der Waals surface area (Å²) in [5.74, 6) is -3.08. The maximum absolute atomic E-state index is 12.6. The van der Waals surface area contributed by atoms with Crippen LogP contribution in [0.15, 0.2) is 18.2 Å². The van der Waals surface area contributed by atoms with Gasteiger partial charge < -0.3 is 20.5 Å². The zero-order valence-corrected chi connectivity index (χ0v) is 19.2. The number of methoxy groups -OCH3 is 1. The molecule has 8 nitrogen and oxygen atoms in total. The number of halogens is 2. The topological polar surface area (TPSA) is 122 Å². The minimum atomic E-state index is -1.26. The van der Waals surface area contributed by atoms with Gasteiger partial charge in [0.25, 0.3) is 0 Å². The molecule has 0 fully saturated rings. The van der Waals surface area contributed by atoms with Crippen molar-refractivity contribution in [2.24, 2.45) is 5.92 Å². The number of aliphatic carboxylic acids is 1. The van der Waals surface area contributed by atoms with Crippen molar-refractivity contribution in [3.63, 3.8) is 0 Å². The Bertz CT molecular complexity index is 771. The van der Waals surface area contributed by atoms with Crippen LogP contribution in [0.25, 0.3) is 0 Å². The molecule has 0 heterocycles. The van der Waals surface area contributed by atoms with Gasteiger partial charge in [-0.05, 0) is 46.7 Å². The van der Waals surface area contributed by atoms with Crippen LogP contribution < -0.4 is 15.4 Å². The number of carbonyl (C=O) groups excluding carboxylic acids is 3. The Morgan fingerprint density at radius 3 is 2.38 bits per heavy atom. The normalized spacial score (nSPS) is 12.8. The summed E-state index contributed by atoms with van der Waals surface area (Å²) >= 11 is 7.62. The molecular formula is C19H24ClIN2O6. The highest BCUT2D eigenvalue weighted by Crippen LogP contribution is 2.21. The maximum Gasteiger partial charge on any atom is 0.305 e. The number of rotatable bonds is 11. The van der Waals surface area contributed by atoms with E-state index in [0.717, 1.165) is 3.57 Å². The van der Waals surface area contributed by atoms with Gasteiger partial charge in [0.1, 0.15) is 11.8 Å². The van der Waals surface area contributed by atoms with E-state index in [9.17, 15) is 19.2 Å². The summed E-state index contributed by atoms with van der Waals surface area (Å²) in [5.41, 5.74) is 0.667. The molecule has 0 saturated carbocycles. The van der Waals surface area contributed by atoms with Gasteiger partial charge in [0, 0.05) is 9.13 Å². The molecule has 0 bridgehead atoms. The number of carboxylic acids is 1. The highest BCUT2D eigenvalue weighted by molar-refractivity contribution is 14.1. The lowest BCUT2D eigenvalue weighted by Crippen LogP contribution is -2.54. The Morgan fingerprint density at radius 1 is 1.21 bits per heavy atom. The van der Waals surface area contributed by atoms with Crippen molar-refractivity contribution in [2.75, 3.05) is 13.0 Å². The summed E-state index contributed by atoms with van der Waals surface area (Å²) in [6, 6.07) is 3.21. The molecule has 29 heavy (non-hydrogen) atoms. The largest absolute Gasteiger partial charge is 0.496 e. The van der Waals surface area contributed by atoms with E-state index in [4.69, 9.17) is 21.4 Å². The van der Waals surface area contributed by atoms with Gasteiger partial charge in [-0.3, -0.25) is 19.2 Å². The van der Waals surface area contributed by atoms with E-state index in [1.807, 2.05) is 12.1 Å². The van der Waals surface area contributed by atoms with Crippen LogP contribution in [-0.4, -0.2) is 53.7 Å². The second kappa shape index (κ2) is 12.0. The minimum Gasteiger partial charge on any atom is -0.496 e. The van der Waals surface area contributed by atoms with E-state index in [0.29, 0.717) is 11.3 Å². The highest BCUT2D eigenvalue weighted by atomic mass is 125. The number of benzene rings is 1. The molecule has 0 aliphatic rings. The molecule has 0 saturated heterocycles. The molecule has 1 aromatic rings. The van der Waals surface area contributed by atoms with Gasteiger partial charge >= 0.3 is 5.97 Å². The molecule has 0 aliphatic heterocycles. The van der Waals surface area contributed by atoms with Crippen molar-refractivity contribution in [2.45, 2.75) is 38.8 Å². The van der Waals surface area contributed by atoms with Crippen LogP contribution in [0.4, 0.5) is 0 Å². The molecule has 0 spiro atoms. The third kappa shape index (κ3) is 8.17. The van der Waals surface area contributed by atoms with E-state index in [1.165, 1.54) is 7.11 Å². The molecule has 160 valence electrons. The number of amides is 2. The van der Waals surface area contributed by atoms with Crippen molar-refractivity contribution >= 4 is 57.8 Å². The third-order valence-electron chi connectivity index (χ3n) is 4.07. The zero-order valence-electron chi connectivity index (χ0n) is 16.3. The third-order valence-corrected chi connectivity index (χ3v) is 5.01. The van der Waals surface area contributed by atoms with Gasteiger partial charge in [0.05, 0.1) is 31.9 Å². The quantitative estimate of drug-likeness (QED) is 0.293. The lowest BCUT2D eigenvalue weighted by molar-refractivity contribution is -0.140. The van der Waals surface area contributed by atoms with Gasteiger partial charge in [-0.15, -0.1) is 11.6 Å². The first-order valence-electron chi connectivity index (χ1n) is 8.81. The molecule has 2 atom stereocenters. The zero-order chi connectivity index (χ0) is 22.1. The monoisotopic (exact) mass is 536 g/mol. The number of carbonyl (C=O) groups is 4. The Morgan fingerprint density at radius 2 is 1.86 bits per heavy atom. The van der Waals surface area contributed by atoms with Gasteiger partial charge in [0.15, 0.2) is 5.78 Å². The molecule has 2 amide bonds.